The predicted octanol–water partition coefficient (Wildman–Crippen LogP) is 2.63. The second-order valence-electron chi connectivity index (χ2n) is 5.55. The Balaban J connectivity index is 1.88. The van der Waals surface area contributed by atoms with E-state index in [0.717, 1.165) is 10.6 Å². The van der Waals surface area contributed by atoms with Crippen LogP contribution in [0.3, 0.4) is 0 Å². The largest absolute Gasteiger partial charge is 0.394 e. The molecule has 3 aromatic rings. The van der Waals surface area contributed by atoms with Crippen molar-refractivity contribution < 1.29 is 9.90 Å². The number of carbonyl (C=O) groups excluding carboxylic acids is 1. The molecule has 0 radical (unpaired) electrons. The Kier molecular flexibility index (Phi) is 4.77. The maximum Gasteiger partial charge on any atom is 0.275 e. The highest BCUT2D eigenvalue weighted by Gasteiger charge is 2.17. The minimum atomic E-state index is -0.252. The number of amides is 1. The van der Waals surface area contributed by atoms with Crippen molar-refractivity contribution in [2.24, 2.45) is 0 Å². The fourth-order valence-corrected chi connectivity index (χ4v) is 3.09. The molecule has 0 saturated carbocycles. The van der Waals surface area contributed by atoms with Crippen LogP contribution in [0.15, 0.2) is 35.8 Å². The molecule has 0 aliphatic carbocycles. The van der Waals surface area contributed by atoms with E-state index in [1.807, 2.05) is 37.4 Å². The van der Waals surface area contributed by atoms with Gasteiger partial charge < -0.3 is 10.4 Å². The van der Waals surface area contributed by atoms with Crippen molar-refractivity contribution in [3.05, 3.63) is 41.5 Å². The zero-order valence-corrected chi connectivity index (χ0v) is 14.3. The molecule has 3 heterocycles. The number of rotatable bonds is 6. The Morgan fingerprint density at radius 2 is 2.25 bits per heavy atom. The number of thiophene rings is 1. The monoisotopic (exact) mass is 345 g/mol. The lowest BCUT2D eigenvalue weighted by atomic mass is 10.3. The number of nitrogens with one attached hydrogen (secondary N) is 1. The van der Waals surface area contributed by atoms with Crippen LogP contribution >= 0.6 is 11.3 Å². The van der Waals surface area contributed by atoms with Gasteiger partial charge >= 0.3 is 0 Å². The highest BCUT2D eigenvalue weighted by molar-refractivity contribution is 7.13. The molecule has 0 bridgehead atoms. The van der Waals surface area contributed by atoms with Crippen molar-refractivity contribution in [3.8, 4) is 10.6 Å². The van der Waals surface area contributed by atoms with Gasteiger partial charge in [-0.25, -0.2) is 4.68 Å². The minimum absolute atomic E-state index is 0.0572. The van der Waals surface area contributed by atoms with Gasteiger partial charge in [-0.3, -0.25) is 9.48 Å². The summed E-state index contributed by atoms with van der Waals surface area (Å²) in [6.07, 6.45) is 1.61. The fraction of sp³-hybridized carbons (Fsp3) is 0.312. The summed E-state index contributed by atoms with van der Waals surface area (Å²) in [5.74, 6) is 0.298. The molecule has 0 atom stereocenters. The number of aromatic nitrogens is 4. The van der Waals surface area contributed by atoms with Crippen LogP contribution in [0.5, 0.6) is 0 Å². The Morgan fingerprint density at radius 1 is 1.42 bits per heavy atom. The van der Waals surface area contributed by atoms with Gasteiger partial charge in [0.2, 0.25) is 0 Å². The average Bonchev–Trinajstić information content (AvgIpc) is 3.28. The van der Waals surface area contributed by atoms with E-state index in [-0.39, 0.29) is 18.6 Å². The van der Waals surface area contributed by atoms with Gasteiger partial charge in [-0.2, -0.15) is 10.2 Å². The standard InChI is InChI=1S/C16H19N5O2S/c1-11(2)21-13(5-6-17-21)16(23)18-15-10-12(14-4-3-9-24-14)19-20(15)7-8-22/h3-6,9-11,22H,7-8H2,1-2H3,(H,18,23). The van der Waals surface area contributed by atoms with Gasteiger partial charge in [-0.05, 0) is 31.4 Å². The SMILES string of the molecule is CC(C)n1nccc1C(=O)Nc1cc(-c2cccs2)nn1CCO. The van der Waals surface area contributed by atoms with E-state index in [1.165, 1.54) is 0 Å². The van der Waals surface area contributed by atoms with Gasteiger partial charge in [0.25, 0.3) is 5.91 Å². The van der Waals surface area contributed by atoms with E-state index in [1.54, 1.807) is 33.0 Å². The molecule has 126 valence electrons. The average molecular weight is 345 g/mol. The maximum absolute atomic E-state index is 12.6. The zero-order chi connectivity index (χ0) is 17.1. The summed E-state index contributed by atoms with van der Waals surface area (Å²) in [4.78, 5) is 13.6. The number of carbonyl (C=O) groups is 1. The third kappa shape index (κ3) is 3.24. The van der Waals surface area contributed by atoms with E-state index in [4.69, 9.17) is 0 Å². The summed E-state index contributed by atoms with van der Waals surface area (Å²) >= 11 is 1.57. The maximum atomic E-state index is 12.6. The smallest absolute Gasteiger partial charge is 0.275 e. The van der Waals surface area contributed by atoms with Crippen molar-refractivity contribution in [2.75, 3.05) is 11.9 Å². The van der Waals surface area contributed by atoms with Crippen molar-refractivity contribution in [2.45, 2.75) is 26.4 Å². The molecule has 0 fully saturated rings. The molecule has 0 unspecified atom stereocenters. The molecular formula is C16H19N5O2S. The third-order valence-electron chi connectivity index (χ3n) is 3.50. The molecule has 8 heteroatoms. The van der Waals surface area contributed by atoms with Crippen LogP contribution in [-0.4, -0.2) is 37.2 Å². The van der Waals surface area contributed by atoms with E-state index < -0.39 is 0 Å². The van der Waals surface area contributed by atoms with Gasteiger partial charge in [0.05, 0.1) is 18.0 Å². The highest BCUT2D eigenvalue weighted by Crippen LogP contribution is 2.26. The minimum Gasteiger partial charge on any atom is -0.394 e. The number of anilines is 1. The molecule has 24 heavy (non-hydrogen) atoms. The molecule has 0 aromatic carbocycles. The second kappa shape index (κ2) is 6.98. The van der Waals surface area contributed by atoms with Crippen LogP contribution in [0.2, 0.25) is 0 Å². The van der Waals surface area contributed by atoms with Crippen molar-refractivity contribution in [1.82, 2.24) is 19.6 Å². The first kappa shape index (κ1) is 16.4. The number of aliphatic hydroxyl groups excluding tert-OH is 1. The number of hydrogen-bond donors (Lipinski definition) is 2. The molecular weight excluding hydrogens is 326 g/mol. The summed E-state index contributed by atoms with van der Waals surface area (Å²) in [7, 11) is 0. The first-order chi connectivity index (χ1) is 11.6. The molecule has 7 nitrogen and oxygen atoms in total. The van der Waals surface area contributed by atoms with Crippen LogP contribution in [0.1, 0.15) is 30.4 Å². The van der Waals surface area contributed by atoms with Crippen LogP contribution in [-0.2, 0) is 6.54 Å². The number of nitrogens with zero attached hydrogens (tertiary/aromatic N) is 4. The quantitative estimate of drug-likeness (QED) is 0.719. The van der Waals surface area contributed by atoms with Crippen LogP contribution in [0.25, 0.3) is 10.6 Å². The summed E-state index contributed by atoms with van der Waals surface area (Å²) in [5, 5.41) is 22.7. The number of aliphatic hydroxyl groups is 1. The van der Waals surface area contributed by atoms with Gasteiger partial charge in [0.1, 0.15) is 17.2 Å². The summed E-state index contributed by atoms with van der Waals surface area (Å²) in [5.41, 5.74) is 1.26. The molecule has 3 aromatic heterocycles. The lowest BCUT2D eigenvalue weighted by molar-refractivity contribution is 0.101. The van der Waals surface area contributed by atoms with E-state index in [2.05, 4.69) is 15.5 Å². The zero-order valence-electron chi connectivity index (χ0n) is 13.5. The van der Waals surface area contributed by atoms with Crippen molar-refractivity contribution in [1.29, 1.82) is 0 Å². The Bertz CT molecular complexity index is 820. The van der Waals surface area contributed by atoms with Crippen molar-refractivity contribution in [3.63, 3.8) is 0 Å². The normalized spacial score (nSPS) is 11.2. The number of hydrogen-bond acceptors (Lipinski definition) is 5. The van der Waals surface area contributed by atoms with Crippen LogP contribution in [0.4, 0.5) is 5.82 Å². The molecule has 2 N–H and O–H groups in total. The Hall–Kier alpha value is -2.45. The van der Waals surface area contributed by atoms with Gasteiger partial charge in [-0.15, -0.1) is 11.3 Å². The van der Waals surface area contributed by atoms with Crippen LogP contribution < -0.4 is 5.32 Å². The predicted molar refractivity (Wildman–Crippen MR) is 93.2 cm³/mol. The van der Waals surface area contributed by atoms with E-state index >= 15 is 0 Å². The van der Waals surface area contributed by atoms with Crippen LogP contribution in [0, 0.1) is 0 Å². The first-order valence-corrected chi connectivity index (χ1v) is 8.55. The molecule has 0 spiro atoms. The molecule has 3 rings (SSSR count). The Labute approximate surface area is 143 Å². The summed E-state index contributed by atoms with van der Waals surface area (Å²) in [6, 6.07) is 7.50. The van der Waals surface area contributed by atoms with Crippen molar-refractivity contribution >= 4 is 23.1 Å². The molecule has 1 amide bonds. The lowest BCUT2D eigenvalue weighted by Crippen LogP contribution is -2.21. The topological polar surface area (TPSA) is 85.0 Å². The molecule has 0 aliphatic rings. The summed E-state index contributed by atoms with van der Waals surface area (Å²) in [6.45, 7) is 4.19. The van der Waals surface area contributed by atoms with Gasteiger partial charge in [-0.1, -0.05) is 6.07 Å². The third-order valence-corrected chi connectivity index (χ3v) is 4.39. The molecule has 0 saturated heterocycles. The van der Waals surface area contributed by atoms with Gasteiger partial charge in [0, 0.05) is 18.3 Å². The first-order valence-electron chi connectivity index (χ1n) is 7.67. The molecule has 0 aliphatic heterocycles. The van der Waals surface area contributed by atoms with Gasteiger partial charge in [0.15, 0.2) is 0 Å². The lowest BCUT2D eigenvalue weighted by Gasteiger charge is -2.11. The Morgan fingerprint density at radius 3 is 2.92 bits per heavy atom. The fourth-order valence-electron chi connectivity index (χ4n) is 2.41. The van der Waals surface area contributed by atoms with E-state index in [9.17, 15) is 9.90 Å². The highest BCUT2D eigenvalue weighted by atomic mass is 32.1. The van der Waals surface area contributed by atoms with E-state index in [0.29, 0.717) is 18.1 Å². The summed E-state index contributed by atoms with van der Waals surface area (Å²) < 4.78 is 3.27. The second-order valence-corrected chi connectivity index (χ2v) is 6.50.